The molecule has 1 fully saturated rings. The Morgan fingerprint density at radius 2 is 1.88 bits per heavy atom. The highest BCUT2D eigenvalue weighted by molar-refractivity contribution is 6.59. The lowest BCUT2D eigenvalue weighted by Crippen LogP contribution is -2.47. The van der Waals surface area contributed by atoms with Crippen LogP contribution in [0.1, 0.15) is 27.2 Å². The van der Waals surface area contributed by atoms with Crippen LogP contribution in [-0.4, -0.2) is 41.2 Å². The second-order valence-corrected chi connectivity index (χ2v) is 6.18. The van der Waals surface area contributed by atoms with Gasteiger partial charge in [-0.25, -0.2) is 0 Å². The molecule has 0 aromatic rings. The van der Waals surface area contributed by atoms with Crippen molar-refractivity contribution in [2.45, 2.75) is 46.3 Å². The fraction of sp³-hybridized carbons (Fsp3) is 1.00. The van der Waals surface area contributed by atoms with Crippen molar-refractivity contribution in [2.24, 2.45) is 0 Å². The summed E-state index contributed by atoms with van der Waals surface area (Å²) < 4.78 is 27.5. The molecule has 1 aliphatic rings. The molecule has 96 valence electrons. The second kappa shape index (κ2) is 6.68. The molecule has 1 heterocycles. The summed E-state index contributed by atoms with van der Waals surface area (Å²) in [6, 6.07) is 0. The van der Waals surface area contributed by atoms with E-state index in [4.69, 9.17) is 22.8 Å². The van der Waals surface area contributed by atoms with Gasteiger partial charge in [-0.2, -0.15) is 0 Å². The molecule has 6 heteroatoms. The third-order valence-electron chi connectivity index (χ3n) is 2.19. The van der Waals surface area contributed by atoms with Crippen molar-refractivity contribution in [3.8, 4) is 0 Å². The summed E-state index contributed by atoms with van der Waals surface area (Å²) in [7, 11) is -2.55. The second-order valence-electron chi connectivity index (χ2n) is 3.64. The van der Waals surface area contributed by atoms with Crippen LogP contribution < -0.4 is 0 Å². The first-order valence-corrected chi connectivity index (χ1v) is 8.05. The Kier molecular flexibility index (Phi) is 5.88. The monoisotopic (exact) mass is 250 g/mol. The van der Waals surface area contributed by atoms with Crippen LogP contribution in [-0.2, 0) is 22.8 Å². The van der Waals surface area contributed by atoms with Crippen molar-refractivity contribution in [2.75, 3.05) is 19.8 Å². The molecule has 0 radical (unpaired) electrons. The summed E-state index contributed by atoms with van der Waals surface area (Å²) in [5, 5.41) is 0. The molecule has 2 unspecified atom stereocenters. The van der Waals surface area contributed by atoms with Crippen LogP contribution >= 0.6 is 0 Å². The van der Waals surface area contributed by atoms with Crippen molar-refractivity contribution in [1.82, 2.24) is 0 Å². The van der Waals surface area contributed by atoms with E-state index in [9.17, 15) is 0 Å². The lowest BCUT2D eigenvalue weighted by molar-refractivity contribution is -0.272. The molecular formula is C10H22O5Si. The zero-order chi connectivity index (χ0) is 12.0. The lowest BCUT2D eigenvalue weighted by Gasteiger charge is -2.33. The van der Waals surface area contributed by atoms with Gasteiger partial charge in [-0.1, -0.05) is 0 Å². The molecule has 2 atom stereocenters. The Hall–Kier alpha value is 0.0169. The van der Waals surface area contributed by atoms with Crippen LogP contribution in [0.15, 0.2) is 0 Å². The third kappa shape index (κ3) is 4.48. The molecule has 0 bridgehead atoms. The van der Waals surface area contributed by atoms with Crippen LogP contribution in [0.4, 0.5) is 0 Å². The van der Waals surface area contributed by atoms with Gasteiger partial charge < -0.3 is 22.8 Å². The Morgan fingerprint density at radius 1 is 1.31 bits per heavy atom. The van der Waals surface area contributed by atoms with Crippen LogP contribution in [0, 0.1) is 0 Å². The maximum Gasteiger partial charge on any atom is 0.499 e. The van der Waals surface area contributed by atoms with Crippen LogP contribution in [0.5, 0.6) is 0 Å². The summed E-state index contributed by atoms with van der Waals surface area (Å²) in [6.45, 7) is 9.49. The average molecular weight is 250 g/mol. The summed E-state index contributed by atoms with van der Waals surface area (Å²) in [4.78, 5) is 0. The Bertz CT molecular complexity index is 192. The Labute approximate surface area is 98.3 Å². The van der Waals surface area contributed by atoms with E-state index in [1.54, 1.807) is 0 Å². The summed E-state index contributed by atoms with van der Waals surface area (Å²) in [5.41, 5.74) is 0. The fourth-order valence-corrected chi connectivity index (χ4v) is 3.43. The average Bonchev–Trinajstić information content (AvgIpc) is 2.12. The van der Waals surface area contributed by atoms with Gasteiger partial charge in [0.05, 0.1) is 6.61 Å². The van der Waals surface area contributed by atoms with Gasteiger partial charge >= 0.3 is 8.80 Å². The molecule has 16 heavy (non-hydrogen) atoms. The molecule has 1 rings (SSSR count). The molecule has 5 nitrogen and oxygen atoms in total. The molecule has 0 aromatic heterocycles. The molecule has 0 aliphatic carbocycles. The van der Waals surface area contributed by atoms with E-state index in [-0.39, 0.29) is 12.6 Å². The van der Waals surface area contributed by atoms with Gasteiger partial charge in [0.15, 0.2) is 12.6 Å². The normalized spacial score (nSPS) is 22.9. The molecule has 0 amide bonds. The first-order chi connectivity index (χ1) is 7.59. The van der Waals surface area contributed by atoms with E-state index in [0.29, 0.717) is 13.2 Å². The Morgan fingerprint density at radius 3 is 2.25 bits per heavy atom. The topological polar surface area (TPSA) is 46.2 Å². The van der Waals surface area contributed by atoms with E-state index < -0.39 is 8.80 Å². The highest BCUT2D eigenvalue weighted by Crippen LogP contribution is 2.18. The van der Waals surface area contributed by atoms with Crippen molar-refractivity contribution in [3.63, 3.8) is 0 Å². The summed E-state index contributed by atoms with van der Waals surface area (Å²) >= 11 is 0. The minimum absolute atomic E-state index is 0.128. The van der Waals surface area contributed by atoms with E-state index in [2.05, 4.69) is 0 Å². The fourth-order valence-electron chi connectivity index (χ4n) is 1.50. The smallest absolute Gasteiger partial charge is 0.374 e. The summed E-state index contributed by atoms with van der Waals surface area (Å²) in [5.74, 6) is 0. The van der Waals surface area contributed by atoms with E-state index in [1.165, 1.54) is 0 Å². The van der Waals surface area contributed by atoms with Crippen LogP contribution in [0.3, 0.4) is 0 Å². The minimum atomic E-state index is -2.55. The number of hydrogen-bond donors (Lipinski definition) is 0. The lowest BCUT2D eigenvalue weighted by atomic mass is 10.3. The molecular weight excluding hydrogens is 228 g/mol. The van der Waals surface area contributed by atoms with Gasteiger partial charge in [0.2, 0.25) is 0 Å². The largest absolute Gasteiger partial charge is 0.499 e. The zero-order valence-electron chi connectivity index (χ0n) is 10.5. The number of rotatable bonds is 8. The van der Waals surface area contributed by atoms with E-state index >= 15 is 0 Å². The van der Waals surface area contributed by atoms with Gasteiger partial charge in [-0.05, 0) is 20.8 Å². The molecule has 0 spiro atoms. The number of hydrogen-bond acceptors (Lipinski definition) is 5. The van der Waals surface area contributed by atoms with Crippen LogP contribution in [0.25, 0.3) is 0 Å². The number of ether oxygens (including phenoxy) is 2. The van der Waals surface area contributed by atoms with Crippen molar-refractivity contribution in [3.05, 3.63) is 0 Å². The standard InChI is InChI=1S/C10H22O5Si/c1-5-12-16(4,13-6-2)15-9(3)14-10-7-8-11-10/h9-10H,5-8H2,1-4H3. The van der Waals surface area contributed by atoms with Gasteiger partial charge in [-0.15, -0.1) is 0 Å². The van der Waals surface area contributed by atoms with Gasteiger partial charge in [0, 0.05) is 26.2 Å². The highest BCUT2D eigenvalue weighted by atomic mass is 28.4. The van der Waals surface area contributed by atoms with Gasteiger partial charge in [0.25, 0.3) is 0 Å². The summed E-state index contributed by atoms with van der Waals surface area (Å²) in [6.07, 6.45) is 0.437. The maximum atomic E-state index is 5.72. The Balaban J connectivity index is 2.33. The molecule has 0 N–H and O–H groups in total. The molecule has 0 saturated carbocycles. The zero-order valence-corrected chi connectivity index (χ0v) is 11.5. The van der Waals surface area contributed by atoms with E-state index in [0.717, 1.165) is 13.0 Å². The predicted octanol–water partition coefficient (Wildman–Crippen LogP) is 1.75. The quantitative estimate of drug-likeness (QED) is 0.485. The van der Waals surface area contributed by atoms with E-state index in [1.807, 2.05) is 27.3 Å². The van der Waals surface area contributed by atoms with Crippen molar-refractivity contribution in [1.29, 1.82) is 0 Å². The van der Waals surface area contributed by atoms with Crippen molar-refractivity contribution >= 4 is 8.80 Å². The SMILES string of the molecule is CCO[Si](C)(OCC)OC(C)OC1CCO1. The highest BCUT2D eigenvalue weighted by Gasteiger charge is 2.37. The maximum absolute atomic E-state index is 5.72. The van der Waals surface area contributed by atoms with Crippen LogP contribution in [0.2, 0.25) is 6.55 Å². The van der Waals surface area contributed by atoms with Crippen molar-refractivity contribution < 1.29 is 22.8 Å². The third-order valence-corrected chi connectivity index (χ3v) is 4.58. The minimum Gasteiger partial charge on any atom is -0.374 e. The first-order valence-electron chi connectivity index (χ1n) is 5.82. The van der Waals surface area contributed by atoms with Gasteiger partial charge in [-0.3, -0.25) is 0 Å². The molecule has 0 aromatic carbocycles. The molecule has 1 saturated heterocycles. The predicted molar refractivity (Wildman–Crippen MR) is 60.9 cm³/mol. The molecule has 1 aliphatic heterocycles. The van der Waals surface area contributed by atoms with Gasteiger partial charge in [0.1, 0.15) is 0 Å². The first kappa shape index (κ1) is 14.1.